The second-order valence-electron chi connectivity index (χ2n) is 16.6. The monoisotopic (exact) mass is 588 g/mol. The zero-order valence-corrected chi connectivity index (χ0v) is 26.1. The summed E-state index contributed by atoms with van der Waals surface area (Å²) in [6, 6.07) is 42.8. The minimum absolute atomic E-state index is 0.376. The van der Waals surface area contributed by atoms with E-state index in [4.69, 9.17) is 0 Å². The second-order valence-corrected chi connectivity index (χ2v) is 16.6. The van der Waals surface area contributed by atoms with Gasteiger partial charge in [-0.05, 0) is 162 Å². The van der Waals surface area contributed by atoms with Gasteiger partial charge in [0.15, 0.2) is 0 Å². The van der Waals surface area contributed by atoms with Crippen LogP contribution < -0.4 is 0 Å². The van der Waals surface area contributed by atoms with Gasteiger partial charge in [-0.3, -0.25) is 0 Å². The van der Waals surface area contributed by atoms with E-state index in [0.717, 1.165) is 35.5 Å². The van der Waals surface area contributed by atoms with Crippen LogP contribution >= 0.6 is 0 Å². The fraction of sp³-hybridized carbons (Fsp3) is 0.304. The molecule has 0 amide bonds. The molecule has 0 unspecified atom stereocenters. The lowest BCUT2D eigenvalue weighted by Crippen LogP contribution is -2.69. The normalized spacial score (nSPS) is 34.2. The van der Waals surface area contributed by atoms with Gasteiger partial charge in [0.25, 0.3) is 0 Å². The van der Waals surface area contributed by atoms with E-state index in [-0.39, 0.29) is 0 Å². The quantitative estimate of drug-likeness (QED) is 0.188. The van der Waals surface area contributed by atoms with Gasteiger partial charge in [0.2, 0.25) is 0 Å². The minimum atomic E-state index is 0.376. The summed E-state index contributed by atoms with van der Waals surface area (Å²) in [5.41, 5.74) is 15.7. The molecule has 46 heavy (non-hydrogen) atoms. The van der Waals surface area contributed by atoms with Gasteiger partial charge >= 0.3 is 0 Å². The Hall–Kier alpha value is -4.16. The highest BCUT2D eigenvalue weighted by Crippen LogP contribution is 2.77. The third-order valence-electron chi connectivity index (χ3n) is 15.3. The number of hydrogen-bond acceptors (Lipinski definition) is 0. The van der Waals surface area contributed by atoms with Crippen molar-refractivity contribution < 1.29 is 0 Å². The Labute approximate surface area is 270 Å². The van der Waals surface area contributed by atoms with E-state index in [1.54, 1.807) is 21.9 Å². The fourth-order valence-corrected chi connectivity index (χ4v) is 14.1. The van der Waals surface area contributed by atoms with E-state index in [1.807, 2.05) is 0 Å². The van der Waals surface area contributed by atoms with Crippen molar-refractivity contribution in [2.75, 3.05) is 0 Å². The molecule has 0 aliphatic heterocycles. The molecule has 0 aromatic heterocycles. The third-order valence-corrected chi connectivity index (χ3v) is 15.3. The van der Waals surface area contributed by atoms with Gasteiger partial charge in [-0.1, -0.05) is 109 Å². The first-order chi connectivity index (χ1) is 22.7. The Bertz CT molecular complexity index is 2100. The van der Waals surface area contributed by atoms with Crippen LogP contribution in [-0.4, -0.2) is 0 Å². The van der Waals surface area contributed by atoms with Gasteiger partial charge in [0.1, 0.15) is 0 Å². The van der Waals surface area contributed by atoms with Crippen LogP contribution in [0, 0.1) is 35.5 Å². The van der Waals surface area contributed by atoms with Gasteiger partial charge in [0, 0.05) is 0 Å². The van der Waals surface area contributed by atoms with Gasteiger partial charge in [-0.25, -0.2) is 0 Å². The Morgan fingerprint density at radius 3 is 0.957 bits per heavy atom. The molecular formula is C46H36. The highest BCUT2D eigenvalue weighted by molar-refractivity contribution is 6.17. The summed E-state index contributed by atoms with van der Waals surface area (Å²) in [6.45, 7) is 0. The topological polar surface area (TPSA) is 0 Å². The Morgan fingerprint density at radius 1 is 0.304 bits per heavy atom. The molecule has 7 saturated carbocycles. The van der Waals surface area contributed by atoms with Crippen molar-refractivity contribution in [1.82, 2.24) is 0 Å². The van der Waals surface area contributed by atoms with Crippen molar-refractivity contribution in [2.24, 2.45) is 35.5 Å². The van der Waals surface area contributed by atoms with E-state index >= 15 is 0 Å². The molecule has 7 fully saturated rings. The van der Waals surface area contributed by atoms with Crippen LogP contribution in [-0.2, 0) is 10.8 Å². The molecule has 9 aliphatic rings. The maximum atomic E-state index is 2.60. The summed E-state index contributed by atoms with van der Waals surface area (Å²) in [6.07, 6.45) is 8.60. The first kappa shape index (κ1) is 24.1. The van der Waals surface area contributed by atoms with E-state index < -0.39 is 0 Å². The first-order valence-corrected chi connectivity index (χ1v) is 18.0. The summed E-state index contributed by atoms with van der Waals surface area (Å²) in [5.74, 6) is 5.52. The third kappa shape index (κ3) is 2.54. The molecule has 0 spiro atoms. The molecular weight excluding hydrogens is 553 g/mol. The molecule has 0 nitrogen and oxygen atoms in total. The van der Waals surface area contributed by atoms with Crippen molar-refractivity contribution in [3.8, 4) is 44.5 Å². The summed E-state index contributed by atoms with van der Waals surface area (Å²) < 4.78 is 0. The maximum absolute atomic E-state index is 2.60. The van der Waals surface area contributed by atoms with Gasteiger partial charge in [0.05, 0.1) is 0 Å². The SMILES string of the molecule is c1ccc2c(c1)-c1cccc3c(C45CC6C7CC8(c9ccc%10c%11c(cccc9%11)-c9ccccc9-%10)CC6C(C4)C(C8)C7C5)ccc-2c13. The zero-order chi connectivity index (χ0) is 29.5. The summed E-state index contributed by atoms with van der Waals surface area (Å²) >= 11 is 0. The van der Waals surface area contributed by atoms with Crippen LogP contribution in [0.1, 0.15) is 49.7 Å². The van der Waals surface area contributed by atoms with Gasteiger partial charge < -0.3 is 0 Å². The summed E-state index contributed by atoms with van der Waals surface area (Å²) in [5, 5.41) is 6.20. The average Bonchev–Trinajstić information content (AvgIpc) is 3.62. The minimum Gasteiger partial charge on any atom is -0.0616 e. The van der Waals surface area contributed by atoms with Crippen molar-refractivity contribution in [3.05, 3.63) is 120 Å². The van der Waals surface area contributed by atoms with Crippen LogP contribution in [0.4, 0.5) is 0 Å². The molecule has 0 heterocycles. The summed E-state index contributed by atoms with van der Waals surface area (Å²) in [7, 11) is 0. The Balaban J connectivity index is 0.924. The standard InChI is InChI=1S/C46H36/c1-3-9-27-25(7-1)29-11-5-13-33-41(17-15-31(27)43(29)33)45-19-35-38-22-46(23-39(35)37(21-45)40(24-46)36(38)20-45)42-18-16-32-28-10-4-2-8-26(28)30-12-6-14-34(42)44(30)32/h1-18,35-40H,19-24H2. The van der Waals surface area contributed by atoms with Crippen molar-refractivity contribution in [1.29, 1.82) is 0 Å². The lowest BCUT2D eigenvalue weighted by molar-refractivity contribution is -0.221. The fourth-order valence-electron chi connectivity index (χ4n) is 14.1. The molecule has 15 rings (SSSR count). The molecule has 6 aromatic carbocycles. The second kappa shape index (κ2) is 7.69. The van der Waals surface area contributed by atoms with E-state index in [1.165, 1.54) is 93.8 Å². The predicted octanol–water partition coefficient (Wildman–Crippen LogP) is 11.6. The van der Waals surface area contributed by atoms with E-state index in [9.17, 15) is 0 Å². The number of rotatable bonds is 2. The molecule has 220 valence electrons. The number of benzene rings is 6. The van der Waals surface area contributed by atoms with E-state index in [0.29, 0.717) is 10.8 Å². The Morgan fingerprint density at radius 2 is 0.609 bits per heavy atom. The molecule has 0 N–H and O–H groups in total. The van der Waals surface area contributed by atoms with Crippen LogP contribution in [0.25, 0.3) is 66.1 Å². The van der Waals surface area contributed by atoms with Crippen LogP contribution in [0.3, 0.4) is 0 Å². The first-order valence-electron chi connectivity index (χ1n) is 18.0. The number of fused-ring (bicyclic) bond motifs is 6. The van der Waals surface area contributed by atoms with Gasteiger partial charge in [-0.2, -0.15) is 0 Å². The molecule has 0 radical (unpaired) electrons. The average molecular weight is 589 g/mol. The van der Waals surface area contributed by atoms with Crippen LogP contribution in [0.2, 0.25) is 0 Å². The lowest BCUT2D eigenvalue weighted by atomic mass is 9.29. The lowest BCUT2D eigenvalue weighted by Gasteiger charge is -2.75. The number of hydrogen-bond donors (Lipinski definition) is 0. The molecule has 6 aromatic rings. The molecule has 0 saturated heterocycles. The highest BCUT2D eigenvalue weighted by Gasteiger charge is 2.71. The molecule has 0 heteroatoms. The molecule has 8 bridgehead atoms. The van der Waals surface area contributed by atoms with Crippen LogP contribution in [0.15, 0.2) is 109 Å². The zero-order valence-electron chi connectivity index (χ0n) is 26.1. The smallest absolute Gasteiger partial charge is 0.00234 e. The molecule has 9 aliphatic carbocycles. The largest absolute Gasteiger partial charge is 0.0616 e. The highest BCUT2D eigenvalue weighted by atomic mass is 14.7. The van der Waals surface area contributed by atoms with Crippen molar-refractivity contribution >= 4 is 21.5 Å². The van der Waals surface area contributed by atoms with Crippen molar-refractivity contribution in [2.45, 2.75) is 49.4 Å². The van der Waals surface area contributed by atoms with E-state index in [2.05, 4.69) is 109 Å². The maximum Gasteiger partial charge on any atom is -0.00234 e. The predicted molar refractivity (Wildman–Crippen MR) is 189 cm³/mol. The summed E-state index contributed by atoms with van der Waals surface area (Å²) in [4.78, 5) is 0. The molecule has 0 atom stereocenters. The Kier molecular flexibility index (Phi) is 4.02. The van der Waals surface area contributed by atoms with Gasteiger partial charge in [-0.15, -0.1) is 0 Å². The van der Waals surface area contributed by atoms with Crippen LogP contribution in [0.5, 0.6) is 0 Å². The van der Waals surface area contributed by atoms with Crippen molar-refractivity contribution in [3.63, 3.8) is 0 Å².